The zero-order valence-electron chi connectivity index (χ0n) is 13.8. The van der Waals surface area contributed by atoms with E-state index in [2.05, 4.69) is 51.1 Å². The highest BCUT2D eigenvalue weighted by molar-refractivity contribution is 5.68. The highest BCUT2D eigenvalue weighted by Gasteiger charge is 2.06. The largest absolute Gasteiger partial charge is 0.0807 e. The fourth-order valence-electron chi connectivity index (χ4n) is 2.65. The Morgan fingerprint density at radius 1 is 0.900 bits per heavy atom. The standard InChI is InChI=1S/C20H32/c1-4-7-10-15-19-16-11-12-17-20(19)18(13-8-5-2)14-9-6-3/h11-13,16-17H,4-10,14-15H2,1-3H3/b18-13-. The van der Waals surface area contributed by atoms with Crippen LogP contribution in [-0.4, -0.2) is 0 Å². The van der Waals surface area contributed by atoms with E-state index in [4.69, 9.17) is 0 Å². The van der Waals surface area contributed by atoms with Gasteiger partial charge in [0, 0.05) is 0 Å². The maximum Gasteiger partial charge on any atom is -0.0196 e. The van der Waals surface area contributed by atoms with E-state index in [9.17, 15) is 0 Å². The number of hydrogen-bond acceptors (Lipinski definition) is 0. The van der Waals surface area contributed by atoms with Crippen molar-refractivity contribution in [3.8, 4) is 0 Å². The topological polar surface area (TPSA) is 0 Å². The summed E-state index contributed by atoms with van der Waals surface area (Å²) in [6.07, 6.45) is 14.0. The molecule has 0 aliphatic carbocycles. The lowest BCUT2D eigenvalue weighted by atomic mass is 9.92. The first-order valence-corrected chi connectivity index (χ1v) is 8.60. The van der Waals surface area contributed by atoms with Crippen molar-refractivity contribution in [2.75, 3.05) is 0 Å². The minimum atomic E-state index is 1.21. The highest BCUT2D eigenvalue weighted by Crippen LogP contribution is 2.26. The molecule has 0 heteroatoms. The highest BCUT2D eigenvalue weighted by atomic mass is 14.1. The summed E-state index contributed by atoms with van der Waals surface area (Å²) >= 11 is 0. The van der Waals surface area contributed by atoms with E-state index < -0.39 is 0 Å². The molecule has 0 saturated heterocycles. The van der Waals surface area contributed by atoms with E-state index in [1.165, 1.54) is 63.4 Å². The normalized spacial score (nSPS) is 11.8. The Bertz CT molecular complexity index is 387. The van der Waals surface area contributed by atoms with Crippen molar-refractivity contribution in [2.45, 2.75) is 78.6 Å². The molecule has 0 radical (unpaired) electrons. The number of rotatable bonds is 10. The second kappa shape index (κ2) is 10.7. The molecular weight excluding hydrogens is 240 g/mol. The van der Waals surface area contributed by atoms with Gasteiger partial charge in [0.05, 0.1) is 0 Å². The van der Waals surface area contributed by atoms with Gasteiger partial charge in [0.1, 0.15) is 0 Å². The molecular formula is C20H32. The van der Waals surface area contributed by atoms with Gasteiger partial charge in [0.25, 0.3) is 0 Å². The summed E-state index contributed by atoms with van der Waals surface area (Å²) in [6, 6.07) is 9.06. The fourth-order valence-corrected chi connectivity index (χ4v) is 2.65. The summed E-state index contributed by atoms with van der Waals surface area (Å²) in [4.78, 5) is 0. The molecule has 1 rings (SSSR count). The van der Waals surface area contributed by atoms with Crippen LogP contribution in [0, 0.1) is 0 Å². The van der Waals surface area contributed by atoms with E-state index in [0.717, 1.165) is 0 Å². The molecule has 0 aromatic heterocycles. The van der Waals surface area contributed by atoms with Gasteiger partial charge in [0.2, 0.25) is 0 Å². The van der Waals surface area contributed by atoms with Gasteiger partial charge in [-0.15, -0.1) is 0 Å². The molecule has 0 fully saturated rings. The Balaban J connectivity index is 2.87. The molecule has 0 aliphatic rings. The first-order chi connectivity index (χ1) is 9.83. The number of allylic oxidation sites excluding steroid dienone is 2. The van der Waals surface area contributed by atoms with E-state index in [0.29, 0.717) is 0 Å². The SMILES string of the molecule is CCC/C=C(/CCCC)c1ccccc1CCCCC. The maximum atomic E-state index is 2.48. The van der Waals surface area contributed by atoms with Crippen LogP contribution in [0.5, 0.6) is 0 Å². The van der Waals surface area contributed by atoms with Gasteiger partial charge in [-0.1, -0.05) is 76.8 Å². The molecule has 0 saturated carbocycles. The fraction of sp³-hybridized carbons (Fsp3) is 0.600. The van der Waals surface area contributed by atoms with Gasteiger partial charge in [-0.25, -0.2) is 0 Å². The number of aryl methyl sites for hydroxylation is 1. The predicted octanol–water partition coefficient (Wildman–Crippen LogP) is 6.79. The number of benzene rings is 1. The first kappa shape index (κ1) is 17.0. The summed E-state index contributed by atoms with van der Waals surface area (Å²) in [5, 5.41) is 0. The molecule has 0 bridgehead atoms. The summed E-state index contributed by atoms with van der Waals surface area (Å²) in [5.41, 5.74) is 4.66. The average Bonchev–Trinajstić information content (AvgIpc) is 2.48. The Hall–Kier alpha value is -1.04. The van der Waals surface area contributed by atoms with Crippen LogP contribution in [-0.2, 0) is 6.42 Å². The minimum absolute atomic E-state index is 1.21. The monoisotopic (exact) mass is 272 g/mol. The molecule has 0 spiro atoms. The van der Waals surface area contributed by atoms with Gasteiger partial charge in [-0.2, -0.15) is 0 Å². The van der Waals surface area contributed by atoms with Gasteiger partial charge in [0.15, 0.2) is 0 Å². The van der Waals surface area contributed by atoms with Crippen molar-refractivity contribution in [1.29, 1.82) is 0 Å². The third-order valence-corrected chi connectivity index (χ3v) is 3.89. The lowest BCUT2D eigenvalue weighted by Crippen LogP contribution is -1.95. The summed E-state index contributed by atoms with van der Waals surface area (Å²) < 4.78 is 0. The molecule has 112 valence electrons. The lowest BCUT2D eigenvalue weighted by Gasteiger charge is -2.13. The molecule has 0 aliphatic heterocycles. The second-order valence-corrected chi connectivity index (χ2v) is 5.74. The Morgan fingerprint density at radius 3 is 2.35 bits per heavy atom. The van der Waals surface area contributed by atoms with Crippen molar-refractivity contribution in [2.24, 2.45) is 0 Å². The molecule has 0 nitrogen and oxygen atoms in total. The smallest absolute Gasteiger partial charge is 0.0196 e. The van der Waals surface area contributed by atoms with Crippen molar-refractivity contribution in [3.05, 3.63) is 41.5 Å². The summed E-state index contributed by atoms with van der Waals surface area (Å²) in [6.45, 7) is 6.82. The van der Waals surface area contributed by atoms with Crippen LogP contribution in [0.4, 0.5) is 0 Å². The van der Waals surface area contributed by atoms with E-state index in [1.54, 1.807) is 11.1 Å². The van der Waals surface area contributed by atoms with Crippen LogP contribution in [0.3, 0.4) is 0 Å². The average molecular weight is 272 g/mol. The van der Waals surface area contributed by atoms with Crippen molar-refractivity contribution >= 4 is 5.57 Å². The third kappa shape index (κ3) is 5.94. The maximum absolute atomic E-state index is 2.48. The van der Waals surface area contributed by atoms with Gasteiger partial charge in [-0.05, 0) is 48.8 Å². The quantitative estimate of drug-likeness (QED) is 0.411. The number of unbranched alkanes of at least 4 members (excludes halogenated alkanes) is 4. The molecule has 1 aromatic carbocycles. The van der Waals surface area contributed by atoms with Crippen LogP contribution in [0.25, 0.3) is 5.57 Å². The molecule has 0 N–H and O–H groups in total. The third-order valence-electron chi connectivity index (χ3n) is 3.89. The zero-order valence-corrected chi connectivity index (χ0v) is 13.8. The first-order valence-electron chi connectivity index (χ1n) is 8.60. The predicted molar refractivity (Wildman–Crippen MR) is 92.1 cm³/mol. The van der Waals surface area contributed by atoms with Crippen LogP contribution in [0.1, 0.15) is 83.3 Å². The molecule has 0 heterocycles. The Kier molecular flexibility index (Phi) is 9.11. The lowest BCUT2D eigenvalue weighted by molar-refractivity contribution is 0.716. The van der Waals surface area contributed by atoms with Gasteiger partial charge < -0.3 is 0 Å². The van der Waals surface area contributed by atoms with Crippen LogP contribution in [0.2, 0.25) is 0 Å². The van der Waals surface area contributed by atoms with Gasteiger partial charge in [-0.3, -0.25) is 0 Å². The van der Waals surface area contributed by atoms with E-state index in [-0.39, 0.29) is 0 Å². The van der Waals surface area contributed by atoms with Crippen molar-refractivity contribution < 1.29 is 0 Å². The molecule has 1 aromatic rings. The summed E-state index contributed by atoms with van der Waals surface area (Å²) in [7, 11) is 0. The van der Waals surface area contributed by atoms with Crippen LogP contribution in [0.15, 0.2) is 30.3 Å². The van der Waals surface area contributed by atoms with Crippen LogP contribution < -0.4 is 0 Å². The Labute approximate surface area is 126 Å². The zero-order chi connectivity index (χ0) is 14.6. The molecule has 20 heavy (non-hydrogen) atoms. The molecule has 0 atom stereocenters. The van der Waals surface area contributed by atoms with E-state index >= 15 is 0 Å². The number of hydrogen-bond donors (Lipinski definition) is 0. The van der Waals surface area contributed by atoms with Crippen molar-refractivity contribution in [1.82, 2.24) is 0 Å². The van der Waals surface area contributed by atoms with E-state index in [1.807, 2.05) is 0 Å². The second-order valence-electron chi connectivity index (χ2n) is 5.74. The Morgan fingerprint density at radius 2 is 1.65 bits per heavy atom. The summed E-state index contributed by atoms with van der Waals surface area (Å²) in [5.74, 6) is 0. The molecule has 0 unspecified atom stereocenters. The van der Waals surface area contributed by atoms with Crippen molar-refractivity contribution in [3.63, 3.8) is 0 Å². The van der Waals surface area contributed by atoms with Crippen LogP contribution >= 0.6 is 0 Å². The molecule has 0 amide bonds. The minimum Gasteiger partial charge on any atom is -0.0807 e. The van der Waals surface area contributed by atoms with Gasteiger partial charge >= 0.3 is 0 Å².